The molecule has 3 heteroatoms. The van der Waals surface area contributed by atoms with E-state index in [9.17, 15) is 5.11 Å². The lowest BCUT2D eigenvalue weighted by molar-refractivity contribution is 0.00494. The zero-order valence-corrected chi connectivity index (χ0v) is 11.6. The standard InChI is InChI=1S/C12H26O2S/c1-10(2)8-15-9-11(13)6-7-12(3,4)14-5/h10-11,13H,6-9H2,1-5H3. The zero-order valence-electron chi connectivity index (χ0n) is 10.7. The Balaban J connectivity index is 3.53. The van der Waals surface area contributed by atoms with Gasteiger partial charge in [-0.1, -0.05) is 13.8 Å². The van der Waals surface area contributed by atoms with Crippen molar-refractivity contribution in [3.8, 4) is 0 Å². The number of ether oxygens (including phenoxy) is 1. The number of rotatable bonds is 8. The van der Waals surface area contributed by atoms with Gasteiger partial charge in [0, 0.05) is 12.9 Å². The molecule has 1 unspecified atom stereocenters. The molecule has 0 aromatic carbocycles. The highest BCUT2D eigenvalue weighted by Gasteiger charge is 2.18. The number of methoxy groups -OCH3 is 1. The summed E-state index contributed by atoms with van der Waals surface area (Å²) in [6.45, 7) is 8.52. The van der Waals surface area contributed by atoms with Crippen LogP contribution in [0, 0.1) is 5.92 Å². The quantitative estimate of drug-likeness (QED) is 0.700. The fraction of sp³-hybridized carbons (Fsp3) is 1.00. The molecule has 0 aliphatic rings. The predicted molar refractivity (Wildman–Crippen MR) is 68.5 cm³/mol. The van der Waals surface area contributed by atoms with Crippen LogP contribution in [-0.4, -0.2) is 35.4 Å². The predicted octanol–water partition coefficient (Wildman–Crippen LogP) is 2.94. The second-order valence-corrected chi connectivity index (χ2v) is 6.16. The molecule has 0 fully saturated rings. The van der Waals surface area contributed by atoms with Gasteiger partial charge in [-0.2, -0.15) is 11.8 Å². The Morgan fingerprint density at radius 1 is 1.27 bits per heavy atom. The first-order valence-electron chi connectivity index (χ1n) is 5.68. The molecule has 0 rings (SSSR count). The number of hydrogen-bond acceptors (Lipinski definition) is 3. The fourth-order valence-corrected chi connectivity index (χ4v) is 2.19. The average molecular weight is 234 g/mol. The third-order valence-corrected chi connectivity index (χ3v) is 3.92. The molecule has 0 aromatic rings. The molecule has 2 nitrogen and oxygen atoms in total. The Hall–Kier alpha value is 0.270. The van der Waals surface area contributed by atoms with E-state index in [-0.39, 0.29) is 11.7 Å². The van der Waals surface area contributed by atoms with Crippen molar-refractivity contribution in [2.45, 2.75) is 52.2 Å². The van der Waals surface area contributed by atoms with Crippen LogP contribution in [0.5, 0.6) is 0 Å². The zero-order chi connectivity index (χ0) is 11.9. The monoisotopic (exact) mass is 234 g/mol. The maximum Gasteiger partial charge on any atom is 0.0631 e. The summed E-state index contributed by atoms with van der Waals surface area (Å²) in [7, 11) is 1.72. The average Bonchev–Trinajstić information content (AvgIpc) is 2.14. The largest absolute Gasteiger partial charge is 0.392 e. The first-order valence-corrected chi connectivity index (χ1v) is 6.84. The second kappa shape index (κ2) is 7.53. The molecule has 0 saturated carbocycles. The molecule has 0 aromatic heterocycles. The fourth-order valence-electron chi connectivity index (χ4n) is 1.14. The van der Waals surface area contributed by atoms with Gasteiger partial charge in [-0.05, 0) is 38.4 Å². The summed E-state index contributed by atoms with van der Waals surface area (Å²) in [5, 5.41) is 9.74. The van der Waals surface area contributed by atoms with Crippen molar-refractivity contribution in [3.05, 3.63) is 0 Å². The first-order chi connectivity index (χ1) is 6.87. The lowest BCUT2D eigenvalue weighted by Gasteiger charge is -2.24. The van der Waals surface area contributed by atoms with Gasteiger partial charge in [0.2, 0.25) is 0 Å². The molecule has 0 saturated heterocycles. The lowest BCUT2D eigenvalue weighted by Crippen LogP contribution is -2.25. The second-order valence-electron chi connectivity index (χ2n) is 5.09. The number of hydrogen-bond donors (Lipinski definition) is 1. The van der Waals surface area contributed by atoms with E-state index in [0.717, 1.165) is 24.3 Å². The van der Waals surface area contributed by atoms with E-state index in [1.54, 1.807) is 7.11 Å². The number of aliphatic hydroxyl groups is 1. The minimum absolute atomic E-state index is 0.107. The highest BCUT2D eigenvalue weighted by Crippen LogP contribution is 2.18. The normalized spacial score (nSPS) is 14.6. The van der Waals surface area contributed by atoms with E-state index in [0.29, 0.717) is 5.92 Å². The van der Waals surface area contributed by atoms with E-state index in [1.165, 1.54) is 0 Å². The minimum Gasteiger partial charge on any atom is -0.392 e. The molecule has 0 bridgehead atoms. The van der Waals surface area contributed by atoms with Crippen LogP contribution in [0.3, 0.4) is 0 Å². The van der Waals surface area contributed by atoms with Crippen LogP contribution < -0.4 is 0 Å². The molecule has 0 amide bonds. The molecule has 0 spiro atoms. The molecular weight excluding hydrogens is 208 g/mol. The van der Waals surface area contributed by atoms with Gasteiger partial charge in [-0.25, -0.2) is 0 Å². The summed E-state index contributed by atoms with van der Waals surface area (Å²) in [6, 6.07) is 0. The molecule has 0 radical (unpaired) electrons. The van der Waals surface area contributed by atoms with E-state index in [2.05, 4.69) is 27.7 Å². The summed E-state index contributed by atoms with van der Waals surface area (Å²) in [5.74, 6) is 2.68. The topological polar surface area (TPSA) is 29.5 Å². The van der Waals surface area contributed by atoms with Gasteiger partial charge in [0.05, 0.1) is 11.7 Å². The SMILES string of the molecule is COC(C)(C)CCC(O)CSCC(C)C. The Morgan fingerprint density at radius 2 is 1.87 bits per heavy atom. The summed E-state index contributed by atoms with van der Waals surface area (Å²) >= 11 is 1.84. The van der Waals surface area contributed by atoms with Crippen LogP contribution in [0.25, 0.3) is 0 Å². The van der Waals surface area contributed by atoms with E-state index in [1.807, 2.05) is 11.8 Å². The molecule has 15 heavy (non-hydrogen) atoms. The van der Waals surface area contributed by atoms with Crippen LogP contribution in [-0.2, 0) is 4.74 Å². The van der Waals surface area contributed by atoms with Crippen LogP contribution in [0.4, 0.5) is 0 Å². The van der Waals surface area contributed by atoms with Crippen molar-refractivity contribution in [1.29, 1.82) is 0 Å². The van der Waals surface area contributed by atoms with E-state index < -0.39 is 0 Å². The van der Waals surface area contributed by atoms with Crippen molar-refractivity contribution in [3.63, 3.8) is 0 Å². The summed E-state index contributed by atoms with van der Waals surface area (Å²) in [5.41, 5.74) is -0.107. The van der Waals surface area contributed by atoms with Gasteiger partial charge in [0.25, 0.3) is 0 Å². The molecular formula is C12H26O2S. The van der Waals surface area contributed by atoms with Gasteiger partial charge in [-0.15, -0.1) is 0 Å². The Kier molecular flexibility index (Phi) is 7.66. The van der Waals surface area contributed by atoms with Gasteiger partial charge >= 0.3 is 0 Å². The van der Waals surface area contributed by atoms with E-state index >= 15 is 0 Å². The summed E-state index contributed by atoms with van der Waals surface area (Å²) in [4.78, 5) is 0. The summed E-state index contributed by atoms with van der Waals surface area (Å²) < 4.78 is 5.31. The van der Waals surface area contributed by atoms with Gasteiger partial charge < -0.3 is 9.84 Å². The highest BCUT2D eigenvalue weighted by atomic mass is 32.2. The maximum atomic E-state index is 9.74. The molecule has 0 aliphatic carbocycles. The Morgan fingerprint density at radius 3 is 2.33 bits per heavy atom. The van der Waals surface area contributed by atoms with Crippen LogP contribution in [0.2, 0.25) is 0 Å². The van der Waals surface area contributed by atoms with Crippen LogP contribution >= 0.6 is 11.8 Å². The summed E-state index contributed by atoms with van der Waals surface area (Å²) in [6.07, 6.45) is 1.54. The van der Waals surface area contributed by atoms with Crippen molar-refractivity contribution in [1.82, 2.24) is 0 Å². The van der Waals surface area contributed by atoms with Crippen molar-refractivity contribution < 1.29 is 9.84 Å². The molecule has 0 aliphatic heterocycles. The first kappa shape index (κ1) is 15.3. The van der Waals surface area contributed by atoms with Crippen molar-refractivity contribution in [2.24, 2.45) is 5.92 Å². The number of aliphatic hydroxyl groups excluding tert-OH is 1. The van der Waals surface area contributed by atoms with Crippen LogP contribution in [0.1, 0.15) is 40.5 Å². The molecule has 1 N–H and O–H groups in total. The third kappa shape index (κ3) is 9.21. The maximum absolute atomic E-state index is 9.74. The van der Waals surface area contributed by atoms with Gasteiger partial charge in [0.1, 0.15) is 0 Å². The lowest BCUT2D eigenvalue weighted by atomic mass is 10.0. The molecule has 1 atom stereocenters. The van der Waals surface area contributed by atoms with Gasteiger partial charge in [0.15, 0.2) is 0 Å². The molecule has 92 valence electrons. The third-order valence-electron chi connectivity index (χ3n) is 2.39. The number of thioether (sulfide) groups is 1. The van der Waals surface area contributed by atoms with E-state index in [4.69, 9.17) is 4.74 Å². The minimum atomic E-state index is -0.192. The highest BCUT2D eigenvalue weighted by molar-refractivity contribution is 7.99. The van der Waals surface area contributed by atoms with Crippen molar-refractivity contribution in [2.75, 3.05) is 18.6 Å². The molecule has 0 heterocycles. The van der Waals surface area contributed by atoms with Crippen LogP contribution in [0.15, 0.2) is 0 Å². The smallest absolute Gasteiger partial charge is 0.0631 e. The van der Waals surface area contributed by atoms with Gasteiger partial charge in [-0.3, -0.25) is 0 Å². The Labute approximate surface area is 98.8 Å². The Bertz CT molecular complexity index is 158. The van der Waals surface area contributed by atoms with Crippen molar-refractivity contribution >= 4 is 11.8 Å².